The summed E-state index contributed by atoms with van der Waals surface area (Å²) in [4.78, 5) is 15.9. The molecule has 0 aliphatic rings. The van der Waals surface area contributed by atoms with Crippen LogP contribution in [-0.2, 0) is 6.54 Å². The van der Waals surface area contributed by atoms with Crippen LogP contribution in [0.1, 0.15) is 31.1 Å². The molecule has 2 aromatic heterocycles. The van der Waals surface area contributed by atoms with Gasteiger partial charge in [-0.05, 0) is 20.8 Å². The summed E-state index contributed by atoms with van der Waals surface area (Å²) in [5.74, 6) is 0.445. The van der Waals surface area contributed by atoms with E-state index < -0.39 is 0 Å². The summed E-state index contributed by atoms with van der Waals surface area (Å²) in [5, 5.41) is 5.07. The van der Waals surface area contributed by atoms with Crippen LogP contribution in [0.2, 0.25) is 0 Å². The van der Waals surface area contributed by atoms with Crippen molar-refractivity contribution in [3.05, 3.63) is 17.8 Å². The number of Topliss-reactive ketones (excluding diaryl/α,β-unsaturated/α-hetero) is 1. The number of ketones is 1. The van der Waals surface area contributed by atoms with Crippen molar-refractivity contribution >= 4 is 16.8 Å². The van der Waals surface area contributed by atoms with E-state index in [1.54, 1.807) is 10.7 Å². The van der Waals surface area contributed by atoms with Crippen LogP contribution >= 0.6 is 0 Å². The topological polar surface area (TPSA) is 57.0 Å². The van der Waals surface area contributed by atoms with Crippen molar-refractivity contribution in [1.29, 1.82) is 0 Å². The fourth-order valence-electron chi connectivity index (χ4n) is 1.70. The summed E-state index contributed by atoms with van der Waals surface area (Å²) in [5.41, 5.74) is 1.17. The van der Waals surface area contributed by atoms with Crippen molar-refractivity contribution in [2.75, 3.05) is 6.61 Å². The maximum atomic E-state index is 11.6. The van der Waals surface area contributed by atoms with Gasteiger partial charge in [-0.2, -0.15) is 10.1 Å². The molecule has 0 aliphatic carbocycles. The number of aryl methyl sites for hydroxylation is 1. The fraction of sp³-hybridized carbons (Fsp3) is 0.417. The van der Waals surface area contributed by atoms with E-state index in [1.807, 2.05) is 20.0 Å². The van der Waals surface area contributed by atoms with Crippen LogP contribution in [0.25, 0.3) is 11.0 Å². The molecule has 0 saturated heterocycles. The van der Waals surface area contributed by atoms with Gasteiger partial charge < -0.3 is 4.74 Å². The third-order valence-electron chi connectivity index (χ3n) is 2.51. The smallest absolute Gasteiger partial charge is 0.216 e. The molecule has 2 rings (SSSR count). The molecule has 17 heavy (non-hydrogen) atoms. The number of nitrogens with zero attached hydrogens (tertiary/aromatic N) is 3. The SMILES string of the molecule is CCOc1cc(C(C)=O)c2cn(CC)nc2n1. The minimum Gasteiger partial charge on any atom is -0.478 e. The second-order valence-corrected chi connectivity index (χ2v) is 3.72. The van der Waals surface area contributed by atoms with Gasteiger partial charge in [-0.1, -0.05) is 0 Å². The molecule has 0 amide bonds. The molecular weight excluding hydrogens is 218 g/mol. The molecule has 2 aromatic rings. The Balaban J connectivity index is 2.65. The first-order chi connectivity index (χ1) is 8.15. The van der Waals surface area contributed by atoms with Crippen molar-refractivity contribution in [3.63, 3.8) is 0 Å². The highest BCUT2D eigenvalue weighted by Gasteiger charge is 2.13. The van der Waals surface area contributed by atoms with E-state index in [4.69, 9.17) is 4.74 Å². The molecule has 0 unspecified atom stereocenters. The van der Waals surface area contributed by atoms with Gasteiger partial charge in [0.1, 0.15) is 0 Å². The third-order valence-corrected chi connectivity index (χ3v) is 2.51. The Morgan fingerprint density at radius 1 is 1.47 bits per heavy atom. The largest absolute Gasteiger partial charge is 0.478 e. The van der Waals surface area contributed by atoms with E-state index in [-0.39, 0.29) is 5.78 Å². The van der Waals surface area contributed by atoms with E-state index >= 15 is 0 Å². The van der Waals surface area contributed by atoms with Gasteiger partial charge in [0, 0.05) is 24.4 Å². The predicted octanol–water partition coefficient (Wildman–Crippen LogP) is 2.05. The van der Waals surface area contributed by atoms with Gasteiger partial charge in [0.05, 0.1) is 12.0 Å². The molecule has 0 N–H and O–H groups in total. The molecule has 0 spiro atoms. The van der Waals surface area contributed by atoms with Crippen LogP contribution < -0.4 is 4.74 Å². The minimum atomic E-state index is -0.00555. The summed E-state index contributed by atoms with van der Waals surface area (Å²) in [6.07, 6.45) is 1.84. The van der Waals surface area contributed by atoms with Gasteiger partial charge >= 0.3 is 0 Å². The number of fused-ring (bicyclic) bond motifs is 1. The number of hydrogen-bond acceptors (Lipinski definition) is 4. The fourth-order valence-corrected chi connectivity index (χ4v) is 1.70. The lowest BCUT2D eigenvalue weighted by atomic mass is 10.1. The monoisotopic (exact) mass is 233 g/mol. The molecule has 0 bridgehead atoms. The number of hydrogen-bond donors (Lipinski definition) is 0. The first-order valence-electron chi connectivity index (χ1n) is 5.67. The summed E-state index contributed by atoms with van der Waals surface area (Å²) in [6.45, 7) is 6.67. The van der Waals surface area contributed by atoms with Crippen molar-refractivity contribution in [1.82, 2.24) is 14.8 Å². The van der Waals surface area contributed by atoms with Gasteiger partial charge in [-0.15, -0.1) is 0 Å². The molecule has 0 saturated carbocycles. The lowest BCUT2D eigenvalue weighted by Gasteiger charge is -2.03. The quantitative estimate of drug-likeness (QED) is 0.758. The standard InChI is InChI=1S/C12H15N3O2/c1-4-15-7-10-9(8(3)16)6-11(17-5-2)13-12(10)14-15/h6-7H,4-5H2,1-3H3. The number of carbonyl (C=O) groups is 1. The lowest BCUT2D eigenvalue weighted by Crippen LogP contribution is -1.99. The third kappa shape index (κ3) is 2.13. The molecule has 0 aromatic carbocycles. The van der Waals surface area contributed by atoms with E-state index in [1.165, 1.54) is 6.92 Å². The van der Waals surface area contributed by atoms with Crippen LogP contribution in [0.3, 0.4) is 0 Å². The molecule has 5 heteroatoms. The Labute approximate surface area is 99.4 Å². The Morgan fingerprint density at radius 3 is 2.82 bits per heavy atom. The Kier molecular flexibility index (Phi) is 3.08. The van der Waals surface area contributed by atoms with Crippen LogP contribution in [-0.4, -0.2) is 27.2 Å². The number of aromatic nitrogens is 3. The van der Waals surface area contributed by atoms with Gasteiger partial charge in [0.2, 0.25) is 5.88 Å². The molecule has 90 valence electrons. The number of rotatable bonds is 4. The molecule has 5 nitrogen and oxygen atoms in total. The number of ether oxygens (including phenoxy) is 1. The summed E-state index contributed by atoms with van der Waals surface area (Å²) >= 11 is 0. The first-order valence-corrected chi connectivity index (χ1v) is 5.67. The lowest BCUT2D eigenvalue weighted by molar-refractivity contribution is 0.101. The highest BCUT2D eigenvalue weighted by molar-refractivity contribution is 6.05. The first kappa shape index (κ1) is 11.6. The predicted molar refractivity (Wildman–Crippen MR) is 64.4 cm³/mol. The molecule has 0 radical (unpaired) electrons. The summed E-state index contributed by atoms with van der Waals surface area (Å²) in [7, 11) is 0. The zero-order valence-electron chi connectivity index (χ0n) is 10.2. The van der Waals surface area contributed by atoms with Crippen molar-refractivity contribution in [2.24, 2.45) is 0 Å². The molecule has 0 atom stereocenters. The van der Waals surface area contributed by atoms with Crippen LogP contribution in [0.15, 0.2) is 12.3 Å². The van der Waals surface area contributed by atoms with Crippen molar-refractivity contribution in [2.45, 2.75) is 27.3 Å². The van der Waals surface area contributed by atoms with Crippen LogP contribution in [0.4, 0.5) is 0 Å². The highest BCUT2D eigenvalue weighted by Crippen LogP contribution is 2.21. The Hall–Kier alpha value is -1.91. The maximum absolute atomic E-state index is 11.6. The molecular formula is C12H15N3O2. The van der Waals surface area contributed by atoms with Gasteiger partial charge in [-0.3, -0.25) is 9.48 Å². The van der Waals surface area contributed by atoms with E-state index in [0.29, 0.717) is 23.7 Å². The Morgan fingerprint density at radius 2 is 2.24 bits per heavy atom. The number of pyridine rings is 1. The maximum Gasteiger partial charge on any atom is 0.216 e. The van der Waals surface area contributed by atoms with E-state index in [0.717, 1.165) is 11.9 Å². The number of carbonyl (C=O) groups excluding carboxylic acids is 1. The average Bonchev–Trinajstić information content (AvgIpc) is 2.71. The molecule has 0 fully saturated rings. The zero-order valence-corrected chi connectivity index (χ0v) is 10.2. The van der Waals surface area contributed by atoms with Gasteiger partial charge in [-0.25, -0.2) is 0 Å². The van der Waals surface area contributed by atoms with Crippen LogP contribution in [0.5, 0.6) is 5.88 Å². The van der Waals surface area contributed by atoms with Crippen molar-refractivity contribution < 1.29 is 9.53 Å². The van der Waals surface area contributed by atoms with Gasteiger partial charge in [0.15, 0.2) is 11.4 Å². The van der Waals surface area contributed by atoms with E-state index in [9.17, 15) is 4.79 Å². The normalized spacial score (nSPS) is 10.8. The highest BCUT2D eigenvalue weighted by atomic mass is 16.5. The second-order valence-electron chi connectivity index (χ2n) is 3.72. The summed E-state index contributed by atoms with van der Waals surface area (Å²) < 4.78 is 7.10. The van der Waals surface area contributed by atoms with Crippen molar-refractivity contribution in [3.8, 4) is 5.88 Å². The summed E-state index contributed by atoms with van der Waals surface area (Å²) in [6, 6.07) is 1.68. The second kappa shape index (κ2) is 4.53. The van der Waals surface area contributed by atoms with Crippen LogP contribution in [0, 0.1) is 0 Å². The Bertz CT molecular complexity index is 560. The molecule has 0 aliphatic heterocycles. The zero-order chi connectivity index (χ0) is 12.4. The average molecular weight is 233 g/mol. The minimum absolute atomic E-state index is 0.00555. The molecule has 2 heterocycles. The van der Waals surface area contributed by atoms with E-state index in [2.05, 4.69) is 10.1 Å². The van der Waals surface area contributed by atoms with Gasteiger partial charge in [0.25, 0.3) is 0 Å².